The quantitative estimate of drug-likeness (QED) is 0.214. The van der Waals surface area contributed by atoms with Gasteiger partial charge in [0.25, 0.3) is 0 Å². The Bertz CT molecular complexity index is 2040. The fourth-order valence-electron chi connectivity index (χ4n) is 4.96. The predicted molar refractivity (Wildman–Crippen MR) is 167 cm³/mol. The van der Waals surface area contributed by atoms with Crippen molar-refractivity contribution in [2.24, 2.45) is 5.73 Å². The summed E-state index contributed by atoms with van der Waals surface area (Å²) in [6, 6.07) is 31.9. The minimum atomic E-state index is -3.54. The molecule has 0 fully saturated rings. The van der Waals surface area contributed by atoms with E-state index < -0.39 is 9.84 Å². The Hall–Kier alpha value is -4.99. The number of ether oxygens (including phenoxy) is 1. The van der Waals surface area contributed by atoms with Gasteiger partial charge in [-0.1, -0.05) is 60.7 Å². The molecule has 0 saturated carbocycles. The van der Waals surface area contributed by atoms with Gasteiger partial charge >= 0.3 is 0 Å². The van der Waals surface area contributed by atoms with Crippen molar-refractivity contribution in [3.63, 3.8) is 0 Å². The van der Waals surface area contributed by atoms with Gasteiger partial charge in [0.05, 0.1) is 17.5 Å². The van der Waals surface area contributed by atoms with E-state index >= 15 is 0 Å². The number of hydrogen-bond acceptors (Lipinski definition) is 7. The van der Waals surface area contributed by atoms with Crippen molar-refractivity contribution in [1.82, 2.24) is 14.5 Å². The molecule has 8 nitrogen and oxygen atoms in total. The molecule has 0 unspecified atom stereocenters. The van der Waals surface area contributed by atoms with E-state index in [4.69, 9.17) is 20.4 Å². The van der Waals surface area contributed by atoms with Gasteiger partial charge in [-0.3, -0.25) is 4.57 Å². The number of nitrogens with zero attached hydrogens (tertiary/aromatic N) is 3. The molecule has 6 aromatic rings. The summed E-state index contributed by atoms with van der Waals surface area (Å²) in [6.45, 7) is 0.775. The average Bonchev–Trinajstić information content (AvgIpc) is 3.42. The number of rotatable bonds is 9. The second-order valence-electron chi connectivity index (χ2n) is 9.72. The highest BCUT2D eigenvalue weighted by Crippen LogP contribution is 2.31. The first-order valence-corrected chi connectivity index (χ1v) is 15.0. The molecule has 0 saturated heterocycles. The first kappa shape index (κ1) is 27.2. The fraction of sp³-hybridized carbons (Fsp3) is 0.0909. The predicted octanol–water partition coefficient (Wildman–Crippen LogP) is 6.10. The topological polar surface area (TPSA) is 112 Å². The highest BCUT2D eigenvalue weighted by Gasteiger charge is 2.17. The van der Waals surface area contributed by atoms with Crippen LogP contribution in [-0.2, 0) is 22.9 Å². The van der Waals surface area contributed by atoms with Gasteiger partial charge in [0, 0.05) is 35.0 Å². The van der Waals surface area contributed by atoms with Crippen LogP contribution in [-0.4, -0.2) is 30.1 Å². The summed E-state index contributed by atoms with van der Waals surface area (Å²) >= 11 is 0. The molecular weight excluding hydrogens is 546 g/mol. The number of anilines is 1. The van der Waals surface area contributed by atoms with E-state index in [0.29, 0.717) is 36.1 Å². The summed E-state index contributed by atoms with van der Waals surface area (Å²) in [4.78, 5) is 10.1. The highest BCUT2D eigenvalue weighted by molar-refractivity contribution is 7.94. The van der Waals surface area contributed by atoms with Crippen molar-refractivity contribution in [3.05, 3.63) is 125 Å². The van der Waals surface area contributed by atoms with Crippen LogP contribution < -0.4 is 15.8 Å². The maximum Gasteiger partial charge on any atom is 0.237 e. The molecule has 0 aliphatic carbocycles. The van der Waals surface area contributed by atoms with Crippen LogP contribution in [0.1, 0.15) is 16.8 Å². The molecule has 0 spiro atoms. The second kappa shape index (κ2) is 11.5. The van der Waals surface area contributed by atoms with E-state index in [0.717, 1.165) is 33.1 Å². The van der Waals surface area contributed by atoms with Crippen LogP contribution in [0.5, 0.6) is 5.75 Å². The summed E-state index contributed by atoms with van der Waals surface area (Å²) < 4.78 is 33.0. The summed E-state index contributed by atoms with van der Waals surface area (Å²) in [5.74, 6) is 1.76. The number of aromatic nitrogens is 3. The maximum atomic E-state index is 12.7. The number of sulfone groups is 1. The van der Waals surface area contributed by atoms with Crippen molar-refractivity contribution in [2.45, 2.75) is 18.0 Å². The van der Waals surface area contributed by atoms with E-state index in [-0.39, 0.29) is 4.90 Å². The molecule has 0 radical (unpaired) electrons. The van der Waals surface area contributed by atoms with Gasteiger partial charge in [0.1, 0.15) is 17.1 Å². The van der Waals surface area contributed by atoms with Gasteiger partial charge in [0.15, 0.2) is 9.84 Å². The third-order valence-corrected chi connectivity index (χ3v) is 8.44. The first-order valence-electron chi connectivity index (χ1n) is 13.4. The highest BCUT2D eigenvalue weighted by atomic mass is 32.2. The van der Waals surface area contributed by atoms with Crippen LogP contribution in [0.3, 0.4) is 0 Å². The minimum Gasteiger partial charge on any atom is -0.494 e. The molecule has 4 aromatic carbocycles. The van der Waals surface area contributed by atoms with Gasteiger partial charge < -0.3 is 15.8 Å². The lowest BCUT2D eigenvalue weighted by Crippen LogP contribution is -2.11. The van der Waals surface area contributed by atoms with Gasteiger partial charge in [-0.15, -0.1) is 0 Å². The molecule has 0 bridgehead atoms. The van der Waals surface area contributed by atoms with Crippen LogP contribution in [0.25, 0.3) is 33.8 Å². The van der Waals surface area contributed by atoms with Crippen LogP contribution in [0.15, 0.2) is 113 Å². The van der Waals surface area contributed by atoms with Crippen LogP contribution in [0.2, 0.25) is 0 Å². The lowest BCUT2D eigenvalue weighted by Gasteiger charge is -2.15. The lowest BCUT2D eigenvalue weighted by molar-refractivity contribution is 0.419. The zero-order chi connectivity index (χ0) is 29.1. The zero-order valence-electron chi connectivity index (χ0n) is 22.9. The molecule has 9 heteroatoms. The van der Waals surface area contributed by atoms with Gasteiger partial charge in [-0.05, 0) is 59.7 Å². The number of nitrogens with two attached hydrogens (primary N) is 1. The van der Waals surface area contributed by atoms with Crippen LogP contribution in [0.4, 0.5) is 5.82 Å². The van der Waals surface area contributed by atoms with E-state index in [1.54, 1.807) is 43.5 Å². The average molecular weight is 576 g/mol. The Labute approximate surface area is 244 Å². The van der Waals surface area contributed by atoms with Crippen LogP contribution >= 0.6 is 0 Å². The van der Waals surface area contributed by atoms with E-state index in [9.17, 15) is 8.42 Å². The first-order chi connectivity index (χ1) is 20.5. The summed E-state index contributed by atoms with van der Waals surface area (Å²) in [5.41, 5.74) is 10.4. The number of hydrogen-bond donors (Lipinski definition) is 2. The normalized spacial score (nSPS) is 11.9. The van der Waals surface area contributed by atoms with Crippen molar-refractivity contribution < 1.29 is 13.2 Å². The van der Waals surface area contributed by atoms with Crippen molar-refractivity contribution in [1.29, 1.82) is 0 Å². The number of para-hydroxylation sites is 2. The molecule has 6 rings (SSSR count). The molecule has 0 aliphatic heterocycles. The lowest BCUT2D eigenvalue weighted by atomic mass is 10.1. The third-order valence-electron chi connectivity index (χ3n) is 7.02. The van der Waals surface area contributed by atoms with Crippen molar-refractivity contribution >= 4 is 43.5 Å². The molecule has 2 heterocycles. The maximum absolute atomic E-state index is 12.7. The molecular formula is C33H29N5O3S. The van der Waals surface area contributed by atoms with Crippen molar-refractivity contribution in [2.75, 3.05) is 12.4 Å². The largest absolute Gasteiger partial charge is 0.494 e. The Kier molecular flexibility index (Phi) is 7.43. The fourth-order valence-corrected chi connectivity index (χ4v) is 5.99. The Morgan fingerprint density at radius 2 is 1.69 bits per heavy atom. The molecule has 0 aliphatic rings. The Morgan fingerprint density at radius 3 is 2.50 bits per heavy atom. The molecule has 2 aromatic heterocycles. The Balaban J connectivity index is 1.35. The molecule has 42 heavy (non-hydrogen) atoms. The third kappa shape index (κ3) is 5.35. The summed E-state index contributed by atoms with van der Waals surface area (Å²) in [5, 5.41) is 6.58. The van der Waals surface area contributed by atoms with Gasteiger partial charge in [-0.2, -0.15) is 4.98 Å². The molecule has 210 valence electrons. The summed E-state index contributed by atoms with van der Waals surface area (Å²) in [6.07, 6.45) is 1.61. The molecule has 0 amide bonds. The number of nitrogens with one attached hydrogen (secondary N) is 1. The minimum absolute atomic E-state index is 0.259. The van der Waals surface area contributed by atoms with Gasteiger partial charge in [-0.25, -0.2) is 13.4 Å². The number of methoxy groups -OCH3 is 1. The van der Waals surface area contributed by atoms with E-state index in [1.807, 2.05) is 71.3 Å². The SMILES string of the molecule is COc1cccc2c(NCc3cccc(/C=C/S(=O)(=O)c4ccccc4)c3)nc(-n3c(CN)cc4ccccc43)nc12. The number of benzene rings is 4. The zero-order valence-corrected chi connectivity index (χ0v) is 23.8. The molecule has 3 N–H and O–H groups in total. The van der Waals surface area contributed by atoms with Crippen LogP contribution in [0, 0.1) is 0 Å². The number of fused-ring (bicyclic) bond motifs is 2. The second-order valence-corrected chi connectivity index (χ2v) is 11.6. The van der Waals surface area contributed by atoms with Crippen molar-refractivity contribution in [3.8, 4) is 11.7 Å². The van der Waals surface area contributed by atoms with Gasteiger partial charge in [0.2, 0.25) is 5.95 Å². The monoisotopic (exact) mass is 575 g/mol. The molecule has 0 atom stereocenters. The smallest absolute Gasteiger partial charge is 0.237 e. The van der Waals surface area contributed by atoms with E-state index in [2.05, 4.69) is 11.4 Å². The Morgan fingerprint density at radius 1 is 0.905 bits per heavy atom. The summed E-state index contributed by atoms with van der Waals surface area (Å²) in [7, 11) is -1.92. The standard InChI is InChI=1S/C33H29N5O3S/c1-41-30-16-8-14-28-31(30)36-33(38-26(21-34)20-25-11-5-6-15-29(25)38)37-32(28)35-22-24-10-7-9-23(19-24)17-18-42(39,40)27-12-3-2-4-13-27/h2-20H,21-22,34H2,1H3,(H,35,36,37)/b18-17+. The van der Waals surface area contributed by atoms with E-state index in [1.165, 1.54) is 5.41 Å².